The van der Waals surface area contributed by atoms with Gasteiger partial charge in [-0.1, -0.05) is 12.1 Å². The molecule has 1 atom stereocenters. The summed E-state index contributed by atoms with van der Waals surface area (Å²) in [4.78, 5) is 61.6. The summed E-state index contributed by atoms with van der Waals surface area (Å²) >= 11 is 0. The average Bonchev–Trinajstić information content (AvgIpc) is 2.63. The summed E-state index contributed by atoms with van der Waals surface area (Å²) in [5, 5.41) is 13.6. The molecule has 1 radical (unpaired) electrons. The van der Waals surface area contributed by atoms with Crippen molar-refractivity contribution in [1.29, 1.82) is 0 Å². The fraction of sp³-hybridized carbons (Fsp3) is 0.312. The van der Waals surface area contributed by atoms with E-state index in [0.29, 0.717) is 11.4 Å². The first-order valence-corrected chi connectivity index (χ1v) is 7.96. The number of hydrogen-bond donors (Lipinski definition) is 3. The summed E-state index contributed by atoms with van der Waals surface area (Å²) in [5.41, 5.74) is 5.20. The van der Waals surface area contributed by atoms with Crippen molar-refractivity contribution in [2.45, 2.75) is 12.6 Å². The van der Waals surface area contributed by atoms with Gasteiger partial charge >= 0.3 is 17.8 Å². The molecule has 11 heteroatoms. The van der Waals surface area contributed by atoms with Crippen molar-refractivity contribution in [2.75, 3.05) is 19.6 Å². The largest absolute Gasteiger partial charge is 0.508 e. The fourth-order valence-electron chi connectivity index (χ4n) is 2.64. The summed E-state index contributed by atoms with van der Waals surface area (Å²) in [7, 11) is 0. The molecule has 0 saturated carbocycles. The van der Waals surface area contributed by atoms with Crippen molar-refractivity contribution in [3.05, 3.63) is 29.8 Å². The van der Waals surface area contributed by atoms with E-state index in [2.05, 4.69) is 10.6 Å². The number of carbonyl (C=O) groups excluding carboxylic acids is 5. The highest BCUT2D eigenvalue weighted by Gasteiger charge is 2.44. The molecule has 0 aliphatic carbocycles. The lowest BCUT2D eigenvalue weighted by Gasteiger charge is -2.36. The van der Waals surface area contributed by atoms with Gasteiger partial charge in [-0.3, -0.25) is 29.8 Å². The van der Waals surface area contributed by atoms with E-state index in [0.717, 1.165) is 0 Å². The molecule has 1 heterocycles. The van der Waals surface area contributed by atoms with Crippen LogP contribution < -0.4 is 16.4 Å². The number of amides is 6. The van der Waals surface area contributed by atoms with E-state index in [-0.39, 0.29) is 30.8 Å². The van der Waals surface area contributed by atoms with Gasteiger partial charge in [-0.15, -0.1) is 0 Å². The summed E-state index contributed by atoms with van der Waals surface area (Å²) < 4.78 is 0. The number of nitrogens with one attached hydrogen (secondary N) is 3. The number of urea groups is 1. The lowest BCUT2D eigenvalue weighted by Crippen LogP contribution is -2.66. The second-order valence-corrected chi connectivity index (χ2v) is 5.66. The zero-order valence-electron chi connectivity index (χ0n) is 14.4. The summed E-state index contributed by atoms with van der Waals surface area (Å²) in [6.07, 6.45) is 0.113. The van der Waals surface area contributed by atoms with Crippen molar-refractivity contribution < 1.29 is 29.1 Å². The van der Waals surface area contributed by atoms with Gasteiger partial charge in [0.2, 0.25) is 12.1 Å². The molecule has 1 aliphatic heterocycles. The van der Waals surface area contributed by atoms with Crippen molar-refractivity contribution >= 4 is 30.2 Å². The van der Waals surface area contributed by atoms with Crippen LogP contribution >= 0.6 is 0 Å². The van der Waals surface area contributed by atoms with Crippen LogP contribution in [0.3, 0.4) is 0 Å². The lowest BCUT2D eigenvalue weighted by molar-refractivity contribution is -0.153. The highest BCUT2D eigenvalue weighted by atomic mass is 16.3. The monoisotopic (exact) mass is 376 g/mol. The highest BCUT2D eigenvalue weighted by Crippen LogP contribution is 2.22. The molecule has 1 aromatic rings. The van der Waals surface area contributed by atoms with E-state index in [1.807, 2.05) is 0 Å². The Morgan fingerprint density at radius 3 is 2.37 bits per heavy atom. The first-order valence-electron chi connectivity index (χ1n) is 7.96. The Hall–Kier alpha value is -3.63. The Kier molecular flexibility index (Phi) is 5.63. The molecule has 0 aromatic heterocycles. The van der Waals surface area contributed by atoms with Gasteiger partial charge in [0, 0.05) is 25.2 Å². The maximum absolute atomic E-state index is 12.6. The van der Waals surface area contributed by atoms with Crippen molar-refractivity contribution in [3.63, 3.8) is 0 Å². The molecule has 0 bridgehead atoms. The van der Waals surface area contributed by atoms with Gasteiger partial charge < -0.3 is 20.6 Å². The van der Waals surface area contributed by atoms with E-state index in [1.165, 1.54) is 29.2 Å². The van der Waals surface area contributed by atoms with E-state index in [1.54, 1.807) is 6.92 Å². The molecule has 11 nitrogen and oxygen atoms in total. The fourth-order valence-corrected chi connectivity index (χ4v) is 2.64. The van der Waals surface area contributed by atoms with E-state index < -0.39 is 29.4 Å². The standard InChI is InChI=1S/C16H18N5O6/c1-2-20-7-8-21(13(25)12(20)24)15(27)19-16(14(17)26,18-9-22)10-3-5-11(23)6-4-10/h3-6,9,17,23H,2,7-8H2,1H3,(H,18,22)(H,19,27). The van der Waals surface area contributed by atoms with Gasteiger partial charge in [0.1, 0.15) is 5.75 Å². The zero-order valence-corrected chi connectivity index (χ0v) is 14.4. The second kappa shape index (κ2) is 7.72. The number of phenols is 1. The number of benzene rings is 1. The third-order valence-corrected chi connectivity index (χ3v) is 4.15. The van der Waals surface area contributed by atoms with Crippen molar-refractivity contribution in [2.24, 2.45) is 0 Å². The predicted molar refractivity (Wildman–Crippen MR) is 89.6 cm³/mol. The molecule has 1 aliphatic rings. The first kappa shape index (κ1) is 19.7. The average molecular weight is 376 g/mol. The molecule has 143 valence electrons. The van der Waals surface area contributed by atoms with E-state index in [4.69, 9.17) is 5.73 Å². The van der Waals surface area contributed by atoms with E-state index in [9.17, 15) is 29.1 Å². The van der Waals surface area contributed by atoms with Gasteiger partial charge in [0.15, 0.2) is 0 Å². The summed E-state index contributed by atoms with van der Waals surface area (Å²) in [6.45, 7) is 2.00. The zero-order chi connectivity index (χ0) is 20.2. The minimum atomic E-state index is -2.29. The molecular formula is C16H18N5O6. The molecule has 2 rings (SSSR count). The van der Waals surface area contributed by atoms with Crippen LogP contribution in [0.1, 0.15) is 12.5 Å². The normalized spacial score (nSPS) is 16.5. The van der Waals surface area contributed by atoms with Gasteiger partial charge in [-0.2, -0.15) is 0 Å². The molecule has 1 fully saturated rings. The Labute approximate surface area is 154 Å². The molecule has 0 spiro atoms. The van der Waals surface area contributed by atoms with Crippen LogP contribution in [0.5, 0.6) is 5.75 Å². The maximum Gasteiger partial charge on any atom is 0.327 e. The van der Waals surface area contributed by atoms with Crippen LogP contribution in [-0.4, -0.2) is 64.7 Å². The number of nitrogens with zero attached hydrogens (tertiary/aromatic N) is 2. The predicted octanol–water partition coefficient (Wildman–Crippen LogP) is -1.50. The van der Waals surface area contributed by atoms with Crippen LogP contribution in [0.4, 0.5) is 4.79 Å². The van der Waals surface area contributed by atoms with Crippen LogP contribution in [-0.2, 0) is 24.8 Å². The number of hydrogen-bond acceptors (Lipinski definition) is 6. The van der Waals surface area contributed by atoms with Gasteiger partial charge in [-0.05, 0) is 19.1 Å². The molecular weight excluding hydrogens is 358 g/mol. The molecule has 6 amide bonds. The minimum absolute atomic E-state index is 0.0216. The topological polar surface area (TPSA) is 160 Å². The smallest absolute Gasteiger partial charge is 0.327 e. The summed E-state index contributed by atoms with van der Waals surface area (Å²) in [5.74, 6) is -3.48. The third-order valence-electron chi connectivity index (χ3n) is 4.15. The van der Waals surface area contributed by atoms with Crippen molar-refractivity contribution in [1.82, 2.24) is 26.2 Å². The highest BCUT2D eigenvalue weighted by molar-refractivity contribution is 6.38. The Morgan fingerprint density at radius 1 is 1.22 bits per heavy atom. The number of carbonyl (C=O) groups is 5. The number of imide groups is 1. The van der Waals surface area contributed by atoms with Crippen molar-refractivity contribution in [3.8, 4) is 5.75 Å². The lowest BCUT2D eigenvalue weighted by atomic mass is 9.98. The third kappa shape index (κ3) is 3.66. The molecule has 27 heavy (non-hydrogen) atoms. The number of aromatic hydroxyl groups is 1. The maximum atomic E-state index is 12.6. The molecule has 1 saturated heterocycles. The first-order chi connectivity index (χ1) is 12.8. The second-order valence-electron chi connectivity index (χ2n) is 5.66. The number of likely N-dealkylation sites (N-methyl/N-ethyl adjacent to an activating group) is 1. The van der Waals surface area contributed by atoms with Crippen LogP contribution in [0.2, 0.25) is 0 Å². The Balaban J connectivity index is 2.35. The van der Waals surface area contributed by atoms with E-state index >= 15 is 0 Å². The Bertz CT molecular complexity index is 780. The minimum Gasteiger partial charge on any atom is -0.508 e. The number of phenolic OH excluding ortho intramolecular Hbond substituents is 1. The number of rotatable bonds is 6. The SMILES string of the molecule is CCN1CCN(C(=O)NC(NC=O)(C([NH])=O)c2ccc(O)cc2)C(=O)C1=O. The molecule has 1 aromatic carbocycles. The van der Waals surface area contributed by atoms with Gasteiger partial charge in [0.25, 0.3) is 5.91 Å². The Morgan fingerprint density at radius 2 is 1.85 bits per heavy atom. The molecule has 4 N–H and O–H groups in total. The van der Waals surface area contributed by atoms with Crippen LogP contribution in [0.25, 0.3) is 0 Å². The van der Waals surface area contributed by atoms with Crippen LogP contribution in [0.15, 0.2) is 24.3 Å². The van der Waals surface area contributed by atoms with Gasteiger partial charge in [0.05, 0.1) is 0 Å². The van der Waals surface area contributed by atoms with Crippen LogP contribution in [0, 0.1) is 0 Å². The van der Waals surface area contributed by atoms with Gasteiger partial charge in [-0.25, -0.2) is 4.79 Å². The summed E-state index contributed by atoms with van der Waals surface area (Å²) in [6, 6.07) is 3.72. The quantitative estimate of drug-likeness (QED) is 0.311. The molecule has 1 unspecified atom stereocenters. The number of piperazine rings is 1.